The van der Waals surface area contributed by atoms with Gasteiger partial charge in [0, 0.05) is 0 Å². The Balaban J connectivity index is 2.07. The minimum Gasteiger partial charge on any atom is -0.497 e. The van der Waals surface area contributed by atoms with E-state index < -0.39 is 5.54 Å². The average Bonchev–Trinajstić information content (AvgIpc) is 2.83. The molecular formula is C22H19NO2. The van der Waals surface area contributed by atoms with Gasteiger partial charge in [0.2, 0.25) is 0 Å². The number of methoxy groups -OCH3 is 1. The number of nitrogens with one attached hydrogen (secondary N) is 1. The topological polar surface area (TPSA) is 41.5 Å². The molecule has 2 N–H and O–H groups in total. The van der Waals surface area contributed by atoms with Crippen LogP contribution < -0.4 is 10.2 Å². The van der Waals surface area contributed by atoms with Crippen molar-refractivity contribution in [3.05, 3.63) is 101 Å². The molecule has 3 nitrogen and oxygen atoms in total. The summed E-state index contributed by atoms with van der Waals surface area (Å²) in [6, 6.07) is 24.0. The predicted molar refractivity (Wildman–Crippen MR) is 99.6 cm³/mol. The van der Waals surface area contributed by atoms with Gasteiger partial charge in [-0.15, -0.1) is 0 Å². The first kappa shape index (κ1) is 15.6. The SMILES string of the molecule is COc1ccc(C2(NO)c3ccccc3C=Cc3ccccc32)cc1. The lowest BCUT2D eigenvalue weighted by atomic mass is 9.75. The lowest BCUT2D eigenvalue weighted by Gasteiger charge is -2.35. The summed E-state index contributed by atoms with van der Waals surface area (Å²) in [6.07, 6.45) is 4.19. The molecule has 0 aromatic heterocycles. The highest BCUT2D eigenvalue weighted by atomic mass is 16.5. The number of rotatable bonds is 3. The molecule has 1 aliphatic rings. The van der Waals surface area contributed by atoms with E-state index in [1.54, 1.807) is 7.11 Å². The highest BCUT2D eigenvalue weighted by Gasteiger charge is 2.39. The van der Waals surface area contributed by atoms with Crippen LogP contribution in [0.3, 0.4) is 0 Å². The smallest absolute Gasteiger partial charge is 0.119 e. The van der Waals surface area contributed by atoms with Crippen LogP contribution in [0.4, 0.5) is 0 Å². The van der Waals surface area contributed by atoms with Crippen molar-refractivity contribution in [1.82, 2.24) is 5.48 Å². The van der Waals surface area contributed by atoms with Gasteiger partial charge in [0.1, 0.15) is 11.3 Å². The van der Waals surface area contributed by atoms with Crippen LogP contribution in [0.15, 0.2) is 72.8 Å². The Kier molecular flexibility index (Phi) is 3.88. The zero-order valence-corrected chi connectivity index (χ0v) is 13.9. The largest absolute Gasteiger partial charge is 0.497 e. The lowest BCUT2D eigenvalue weighted by Crippen LogP contribution is -2.43. The Bertz CT molecular complexity index is 879. The molecule has 25 heavy (non-hydrogen) atoms. The van der Waals surface area contributed by atoms with E-state index in [1.165, 1.54) is 0 Å². The van der Waals surface area contributed by atoms with Gasteiger partial charge >= 0.3 is 0 Å². The maximum atomic E-state index is 10.4. The van der Waals surface area contributed by atoms with Crippen LogP contribution in [-0.4, -0.2) is 12.3 Å². The molecule has 0 atom stereocenters. The Labute approximate surface area is 147 Å². The van der Waals surface area contributed by atoms with E-state index in [2.05, 4.69) is 41.9 Å². The maximum absolute atomic E-state index is 10.4. The van der Waals surface area contributed by atoms with Gasteiger partial charge in [0.25, 0.3) is 0 Å². The van der Waals surface area contributed by atoms with Gasteiger partial charge in [-0.25, -0.2) is 0 Å². The molecule has 0 saturated heterocycles. The van der Waals surface area contributed by atoms with Crippen molar-refractivity contribution < 1.29 is 9.94 Å². The molecule has 0 aliphatic heterocycles. The Hall–Kier alpha value is -2.88. The number of fused-ring (bicyclic) bond motifs is 2. The first-order valence-electron chi connectivity index (χ1n) is 8.22. The van der Waals surface area contributed by atoms with Crippen molar-refractivity contribution in [3.63, 3.8) is 0 Å². The fraction of sp³-hybridized carbons (Fsp3) is 0.0909. The summed E-state index contributed by atoms with van der Waals surface area (Å²) in [4.78, 5) is 0. The van der Waals surface area contributed by atoms with Crippen molar-refractivity contribution >= 4 is 12.2 Å². The molecule has 0 fully saturated rings. The molecule has 0 radical (unpaired) electrons. The normalized spacial score (nSPS) is 14.3. The van der Waals surface area contributed by atoms with Crippen molar-refractivity contribution in [2.75, 3.05) is 7.11 Å². The lowest BCUT2D eigenvalue weighted by molar-refractivity contribution is 0.103. The third-order valence-corrected chi connectivity index (χ3v) is 4.86. The van der Waals surface area contributed by atoms with Crippen LogP contribution in [-0.2, 0) is 5.54 Å². The van der Waals surface area contributed by atoms with Crippen LogP contribution in [0.5, 0.6) is 5.75 Å². The van der Waals surface area contributed by atoms with Gasteiger partial charge in [-0.05, 0) is 39.9 Å². The molecule has 124 valence electrons. The second kappa shape index (κ2) is 6.20. The molecule has 0 unspecified atom stereocenters. The average molecular weight is 329 g/mol. The highest BCUT2D eigenvalue weighted by molar-refractivity contribution is 5.79. The van der Waals surface area contributed by atoms with Gasteiger partial charge in [-0.2, -0.15) is 5.48 Å². The first-order valence-corrected chi connectivity index (χ1v) is 8.22. The number of ether oxygens (including phenoxy) is 1. The summed E-state index contributed by atoms with van der Waals surface area (Å²) in [5.74, 6) is 0.783. The summed E-state index contributed by atoms with van der Waals surface area (Å²) < 4.78 is 5.29. The Morgan fingerprint density at radius 3 is 1.76 bits per heavy atom. The van der Waals surface area contributed by atoms with E-state index in [0.717, 1.165) is 33.6 Å². The maximum Gasteiger partial charge on any atom is 0.119 e. The van der Waals surface area contributed by atoms with Gasteiger partial charge in [-0.3, -0.25) is 0 Å². The molecule has 4 rings (SSSR count). The van der Waals surface area contributed by atoms with Gasteiger partial charge < -0.3 is 9.94 Å². The number of hydroxylamine groups is 1. The fourth-order valence-corrected chi connectivity index (χ4v) is 3.63. The third-order valence-electron chi connectivity index (χ3n) is 4.86. The second-order valence-electron chi connectivity index (χ2n) is 6.10. The quantitative estimate of drug-likeness (QED) is 0.698. The van der Waals surface area contributed by atoms with Crippen LogP contribution in [0.1, 0.15) is 27.8 Å². The van der Waals surface area contributed by atoms with E-state index in [9.17, 15) is 5.21 Å². The monoisotopic (exact) mass is 329 g/mol. The minimum absolute atomic E-state index is 0.783. The van der Waals surface area contributed by atoms with Gasteiger partial charge in [-0.1, -0.05) is 72.8 Å². The van der Waals surface area contributed by atoms with E-state index in [-0.39, 0.29) is 0 Å². The molecule has 0 bridgehead atoms. The third kappa shape index (κ3) is 2.37. The molecule has 3 aromatic rings. The fourth-order valence-electron chi connectivity index (χ4n) is 3.63. The zero-order chi connectivity index (χ0) is 17.3. The Morgan fingerprint density at radius 1 is 0.760 bits per heavy atom. The summed E-state index contributed by atoms with van der Waals surface area (Å²) >= 11 is 0. The van der Waals surface area contributed by atoms with E-state index in [4.69, 9.17) is 4.74 Å². The van der Waals surface area contributed by atoms with E-state index in [1.807, 2.05) is 48.5 Å². The molecule has 3 aromatic carbocycles. The van der Waals surface area contributed by atoms with Crippen LogP contribution >= 0.6 is 0 Å². The van der Waals surface area contributed by atoms with Crippen molar-refractivity contribution in [2.45, 2.75) is 5.54 Å². The second-order valence-corrected chi connectivity index (χ2v) is 6.10. The van der Waals surface area contributed by atoms with Crippen molar-refractivity contribution in [2.24, 2.45) is 0 Å². The van der Waals surface area contributed by atoms with Gasteiger partial charge in [0.15, 0.2) is 0 Å². The van der Waals surface area contributed by atoms with E-state index in [0.29, 0.717) is 0 Å². The van der Waals surface area contributed by atoms with Crippen LogP contribution in [0.25, 0.3) is 12.2 Å². The molecular weight excluding hydrogens is 310 g/mol. The summed E-state index contributed by atoms with van der Waals surface area (Å²) in [7, 11) is 1.65. The first-order chi connectivity index (χ1) is 12.3. The van der Waals surface area contributed by atoms with Crippen LogP contribution in [0.2, 0.25) is 0 Å². The molecule has 3 heteroatoms. The number of benzene rings is 3. The molecule has 0 saturated carbocycles. The van der Waals surface area contributed by atoms with Gasteiger partial charge in [0.05, 0.1) is 7.11 Å². The summed E-state index contributed by atoms with van der Waals surface area (Å²) in [5.41, 5.74) is 6.87. The zero-order valence-electron chi connectivity index (χ0n) is 13.9. The van der Waals surface area contributed by atoms with Crippen LogP contribution in [0, 0.1) is 0 Å². The molecule has 0 heterocycles. The number of hydrogen-bond acceptors (Lipinski definition) is 3. The summed E-state index contributed by atoms with van der Waals surface area (Å²) in [6.45, 7) is 0. The van der Waals surface area contributed by atoms with Crippen molar-refractivity contribution in [1.29, 1.82) is 0 Å². The molecule has 0 spiro atoms. The highest BCUT2D eigenvalue weighted by Crippen LogP contribution is 2.42. The summed E-state index contributed by atoms with van der Waals surface area (Å²) in [5, 5.41) is 10.4. The number of hydrogen-bond donors (Lipinski definition) is 2. The van der Waals surface area contributed by atoms with Crippen molar-refractivity contribution in [3.8, 4) is 5.75 Å². The van der Waals surface area contributed by atoms with E-state index >= 15 is 0 Å². The molecule has 1 aliphatic carbocycles. The minimum atomic E-state index is -0.858. The standard InChI is InChI=1S/C22H19NO2/c1-25-19-14-12-18(13-15-19)22(23-24)20-8-4-2-6-16(20)10-11-17-7-3-5-9-21(17)22/h2-15,23-24H,1H3. The Morgan fingerprint density at radius 2 is 1.28 bits per heavy atom. The molecule has 0 amide bonds. The predicted octanol–water partition coefficient (Wildman–Crippen LogP) is 4.45.